The molecule has 0 unspecified atom stereocenters. The van der Waals surface area contributed by atoms with Gasteiger partial charge < -0.3 is 4.74 Å². The van der Waals surface area contributed by atoms with Gasteiger partial charge in [0.05, 0.1) is 11.8 Å². The second-order valence-corrected chi connectivity index (χ2v) is 8.28. The van der Waals surface area contributed by atoms with Crippen molar-refractivity contribution in [2.24, 2.45) is 28.7 Å². The average Bonchev–Trinajstić information content (AvgIpc) is 2.69. The molecule has 2 nitrogen and oxygen atoms in total. The Balaban J connectivity index is 1.42. The third-order valence-corrected chi connectivity index (χ3v) is 6.69. The van der Waals surface area contributed by atoms with Crippen LogP contribution in [-0.4, -0.2) is 11.8 Å². The summed E-state index contributed by atoms with van der Waals surface area (Å²) in [5, 5.41) is 2.19. The molecule has 0 bridgehead atoms. The van der Waals surface area contributed by atoms with E-state index in [1.807, 2.05) is 0 Å². The lowest BCUT2D eigenvalue weighted by Crippen LogP contribution is -2.27. The van der Waals surface area contributed by atoms with Crippen molar-refractivity contribution < 1.29 is 9.13 Å². The fourth-order valence-electron chi connectivity index (χ4n) is 4.83. The Morgan fingerprint density at radius 2 is 1.65 bits per heavy atom. The molecule has 0 spiro atoms. The SMILES string of the molecule is CC[C@H]1CC[C@H](C2CCC(COc3ccc(N=C=S)c(F)c3)CC2)CC1. The first-order valence-electron chi connectivity index (χ1n) is 10.2. The molecule has 0 saturated heterocycles. The number of hydrogen-bond donors (Lipinski definition) is 0. The van der Waals surface area contributed by atoms with Crippen molar-refractivity contribution in [2.75, 3.05) is 6.61 Å². The lowest BCUT2D eigenvalue weighted by atomic mass is 9.69. The zero-order chi connectivity index (χ0) is 18.4. The van der Waals surface area contributed by atoms with E-state index in [9.17, 15) is 4.39 Å². The molecule has 3 rings (SSSR count). The summed E-state index contributed by atoms with van der Waals surface area (Å²) < 4.78 is 19.7. The van der Waals surface area contributed by atoms with Crippen LogP contribution in [-0.2, 0) is 0 Å². The number of isothiocyanates is 1. The number of aliphatic imine (C=N–C) groups is 1. The Hall–Kier alpha value is -1.25. The standard InChI is InChI=1S/C22H30FNOS/c1-2-16-3-7-18(8-4-16)19-9-5-17(6-10-19)14-25-20-11-12-22(24-15-26)21(23)13-20/h11-13,16-19H,2-10,14H2,1H3/t16-,17?,18-,19?. The maximum absolute atomic E-state index is 13.9. The van der Waals surface area contributed by atoms with Gasteiger partial charge in [-0.25, -0.2) is 4.39 Å². The van der Waals surface area contributed by atoms with Gasteiger partial charge in [-0.1, -0.05) is 26.2 Å². The van der Waals surface area contributed by atoms with E-state index in [1.165, 1.54) is 63.9 Å². The molecular formula is C22H30FNOS. The van der Waals surface area contributed by atoms with Gasteiger partial charge in [0, 0.05) is 6.07 Å². The van der Waals surface area contributed by atoms with Gasteiger partial charge >= 0.3 is 0 Å². The van der Waals surface area contributed by atoms with Crippen LogP contribution in [0.3, 0.4) is 0 Å². The molecule has 0 aliphatic heterocycles. The van der Waals surface area contributed by atoms with Gasteiger partial charge in [0.1, 0.15) is 11.4 Å². The maximum atomic E-state index is 13.9. The summed E-state index contributed by atoms with van der Waals surface area (Å²) in [4.78, 5) is 3.69. The Labute approximate surface area is 162 Å². The van der Waals surface area contributed by atoms with Gasteiger partial charge in [0.15, 0.2) is 5.82 Å². The second kappa shape index (κ2) is 9.62. The van der Waals surface area contributed by atoms with E-state index in [-0.39, 0.29) is 5.69 Å². The van der Waals surface area contributed by atoms with E-state index in [0.29, 0.717) is 18.3 Å². The fourth-order valence-corrected chi connectivity index (χ4v) is 4.92. The summed E-state index contributed by atoms with van der Waals surface area (Å²) in [7, 11) is 0. The summed E-state index contributed by atoms with van der Waals surface area (Å²) in [5.74, 6) is 3.63. The second-order valence-electron chi connectivity index (χ2n) is 8.10. The van der Waals surface area contributed by atoms with Crippen LogP contribution in [0.25, 0.3) is 0 Å². The minimum absolute atomic E-state index is 0.214. The van der Waals surface area contributed by atoms with E-state index < -0.39 is 5.82 Å². The van der Waals surface area contributed by atoms with E-state index in [4.69, 9.17) is 4.74 Å². The van der Waals surface area contributed by atoms with E-state index in [0.717, 1.165) is 17.8 Å². The minimum Gasteiger partial charge on any atom is -0.493 e. The first-order valence-corrected chi connectivity index (χ1v) is 10.6. The number of benzene rings is 1. The topological polar surface area (TPSA) is 21.6 Å². The Bertz CT molecular complexity index is 627. The molecule has 1 aromatic carbocycles. The first-order chi connectivity index (χ1) is 12.7. The highest BCUT2D eigenvalue weighted by atomic mass is 32.1. The molecule has 0 amide bonds. The van der Waals surface area contributed by atoms with Crippen molar-refractivity contribution in [3.8, 4) is 5.75 Å². The van der Waals surface area contributed by atoms with Crippen LogP contribution in [0.2, 0.25) is 0 Å². The van der Waals surface area contributed by atoms with Gasteiger partial charge in [-0.15, -0.1) is 0 Å². The molecule has 2 aliphatic carbocycles. The van der Waals surface area contributed by atoms with Gasteiger partial charge in [-0.3, -0.25) is 0 Å². The fraction of sp³-hybridized carbons (Fsp3) is 0.682. The molecule has 26 heavy (non-hydrogen) atoms. The number of hydrogen-bond acceptors (Lipinski definition) is 3. The third-order valence-electron chi connectivity index (χ3n) is 6.60. The molecule has 0 aromatic heterocycles. The summed E-state index contributed by atoms with van der Waals surface area (Å²) >= 11 is 4.52. The maximum Gasteiger partial charge on any atom is 0.153 e. The highest BCUT2D eigenvalue weighted by Crippen LogP contribution is 2.42. The quantitative estimate of drug-likeness (QED) is 0.396. The van der Waals surface area contributed by atoms with Crippen LogP contribution < -0.4 is 4.74 Å². The van der Waals surface area contributed by atoms with E-state index in [2.05, 4.69) is 29.3 Å². The zero-order valence-corrected chi connectivity index (χ0v) is 16.6. The van der Waals surface area contributed by atoms with Gasteiger partial charge in [-0.05, 0) is 86.5 Å². The van der Waals surface area contributed by atoms with Gasteiger partial charge in [-0.2, -0.15) is 4.99 Å². The molecule has 0 N–H and O–H groups in total. The number of thiocarbonyl (C=S) groups is 1. The lowest BCUT2D eigenvalue weighted by Gasteiger charge is -2.37. The van der Waals surface area contributed by atoms with Crippen LogP contribution >= 0.6 is 12.2 Å². The van der Waals surface area contributed by atoms with Crippen molar-refractivity contribution in [3.63, 3.8) is 0 Å². The smallest absolute Gasteiger partial charge is 0.153 e. The monoisotopic (exact) mass is 375 g/mol. The van der Waals surface area contributed by atoms with Crippen molar-refractivity contribution >= 4 is 23.1 Å². The summed E-state index contributed by atoms with van der Waals surface area (Å²) in [6, 6.07) is 4.74. The molecular weight excluding hydrogens is 345 g/mol. The Kier molecular flexibility index (Phi) is 7.22. The van der Waals surface area contributed by atoms with Crippen molar-refractivity contribution in [1.29, 1.82) is 0 Å². The van der Waals surface area contributed by atoms with Gasteiger partial charge in [0.2, 0.25) is 0 Å². The number of halogens is 1. The molecule has 4 heteroatoms. The molecule has 0 heterocycles. The lowest BCUT2D eigenvalue weighted by molar-refractivity contribution is 0.123. The highest BCUT2D eigenvalue weighted by Gasteiger charge is 2.30. The molecule has 2 saturated carbocycles. The van der Waals surface area contributed by atoms with Crippen molar-refractivity contribution in [1.82, 2.24) is 0 Å². The van der Waals surface area contributed by atoms with Crippen LogP contribution in [0, 0.1) is 29.5 Å². The predicted octanol–water partition coefficient (Wildman–Crippen LogP) is 6.96. The number of nitrogens with zero attached hydrogens (tertiary/aromatic N) is 1. The minimum atomic E-state index is -0.411. The normalized spacial score (nSPS) is 29.0. The third kappa shape index (κ3) is 5.14. The van der Waals surface area contributed by atoms with E-state index >= 15 is 0 Å². The molecule has 1 aromatic rings. The zero-order valence-electron chi connectivity index (χ0n) is 15.8. The van der Waals surface area contributed by atoms with Crippen LogP contribution in [0.1, 0.15) is 64.7 Å². The van der Waals surface area contributed by atoms with Crippen molar-refractivity contribution in [2.45, 2.75) is 64.7 Å². The number of ether oxygens (including phenoxy) is 1. The highest BCUT2D eigenvalue weighted by molar-refractivity contribution is 7.78. The summed E-state index contributed by atoms with van der Waals surface area (Å²) in [6.07, 6.45) is 12.3. The predicted molar refractivity (Wildman–Crippen MR) is 108 cm³/mol. The molecule has 0 atom stereocenters. The average molecular weight is 376 g/mol. The Morgan fingerprint density at radius 1 is 1.04 bits per heavy atom. The van der Waals surface area contributed by atoms with Crippen LogP contribution in [0.4, 0.5) is 10.1 Å². The van der Waals surface area contributed by atoms with Crippen LogP contribution in [0.5, 0.6) is 5.75 Å². The molecule has 2 aliphatic rings. The largest absolute Gasteiger partial charge is 0.493 e. The first kappa shape index (κ1) is 19.5. The molecule has 2 fully saturated rings. The number of rotatable bonds is 6. The van der Waals surface area contributed by atoms with Crippen LogP contribution in [0.15, 0.2) is 23.2 Å². The molecule has 142 valence electrons. The Morgan fingerprint density at radius 3 is 2.19 bits per heavy atom. The summed E-state index contributed by atoms with van der Waals surface area (Å²) in [6.45, 7) is 3.02. The molecule has 0 radical (unpaired) electrons. The summed E-state index contributed by atoms with van der Waals surface area (Å²) in [5.41, 5.74) is 0.214. The van der Waals surface area contributed by atoms with E-state index in [1.54, 1.807) is 12.1 Å². The van der Waals surface area contributed by atoms with Crippen molar-refractivity contribution in [3.05, 3.63) is 24.0 Å². The van der Waals surface area contributed by atoms with Gasteiger partial charge in [0.25, 0.3) is 0 Å².